The summed E-state index contributed by atoms with van der Waals surface area (Å²) in [6.07, 6.45) is 0. The molecule has 0 fully saturated rings. The summed E-state index contributed by atoms with van der Waals surface area (Å²) in [5.41, 5.74) is 18.7. The zero-order valence-electron chi connectivity index (χ0n) is 31.2. The Morgan fingerprint density at radius 1 is 0.296 bits per heavy atom. The minimum Gasteiger partial charge on any atom is -0.0619 e. The molecule has 0 spiro atoms. The van der Waals surface area contributed by atoms with Crippen molar-refractivity contribution in [1.82, 2.24) is 0 Å². The van der Waals surface area contributed by atoms with Crippen molar-refractivity contribution in [2.24, 2.45) is 0 Å². The molecular weight excluding hydrogens is 649 g/mol. The average molecular weight is 689 g/mol. The third-order valence-corrected chi connectivity index (χ3v) is 12.8. The fourth-order valence-corrected chi connectivity index (χ4v) is 10.4. The second-order valence-electron chi connectivity index (χ2n) is 16.4. The molecule has 0 aromatic heterocycles. The van der Waals surface area contributed by atoms with Crippen LogP contribution in [0.4, 0.5) is 0 Å². The smallest absolute Gasteiger partial charge is 0.0165 e. The maximum Gasteiger partial charge on any atom is 0.0165 e. The average Bonchev–Trinajstić information content (AvgIpc) is 3.58. The number of benzene rings is 9. The quantitative estimate of drug-likeness (QED) is 0.162. The van der Waals surface area contributed by atoms with E-state index < -0.39 is 0 Å². The molecule has 54 heavy (non-hydrogen) atoms. The Balaban J connectivity index is 1.23. The highest BCUT2D eigenvalue weighted by Crippen LogP contribution is 2.61. The second-order valence-corrected chi connectivity index (χ2v) is 16.4. The third-order valence-electron chi connectivity index (χ3n) is 12.8. The van der Waals surface area contributed by atoms with Gasteiger partial charge in [0, 0.05) is 10.8 Å². The van der Waals surface area contributed by atoms with Gasteiger partial charge in [0.1, 0.15) is 0 Å². The zero-order valence-corrected chi connectivity index (χ0v) is 31.2. The highest BCUT2D eigenvalue weighted by molar-refractivity contribution is 6.23. The molecular formula is C54H40. The topological polar surface area (TPSA) is 0 Å². The Morgan fingerprint density at radius 2 is 0.778 bits per heavy atom. The number of rotatable bonds is 3. The fourth-order valence-electron chi connectivity index (χ4n) is 10.4. The largest absolute Gasteiger partial charge is 0.0619 e. The van der Waals surface area contributed by atoms with Crippen molar-refractivity contribution in [3.8, 4) is 55.6 Å². The van der Waals surface area contributed by atoms with E-state index in [1.165, 1.54) is 110 Å². The van der Waals surface area contributed by atoms with Crippen LogP contribution in [0.5, 0.6) is 0 Å². The van der Waals surface area contributed by atoms with Crippen LogP contribution in [0.1, 0.15) is 49.9 Å². The second kappa shape index (κ2) is 11.1. The Kier molecular flexibility index (Phi) is 6.46. The molecule has 0 amide bonds. The lowest BCUT2D eigenvalue weighted by Gasteiger charge is -2.28. The van der Waals surface area contributed by atoms with Crippen LogP contribution in [0.15, 0.2) is 170 Å². The first kappa shape index (κ1) is 31.3. The summed E-state index contributed by atoms with van der Waals surface area (Å²) in [7, 11) is 0. The summed E-state index contributed by atoms with van der Waals surface area (Å²) >= 11 is 0. The Morgan fingerprint density at radius 3 is 1.46 bits per heavy atom. The highest BCUT2D eigenvalue weighted by atomic mass is 14.5. The van der Waals surface area contributed by atoms with Gasteiger partial charge in [0.15, 0.2) is 0 Å². The summed E-state index contributed by atoms with van der Waals surface area (Å²) in [4.78, 5) is 0. The lowest BCUT2D eigenvalue weighted by Crippen LogP contribution is -2.18. The number of hydrogen-bond acceptors (Lipinski definition) is 0. The molecule has 2 aliphatic rings. The van der Waals surface area contributed by atoms with Crippen molar-refractivity contribution >= 4 is 32.3 Å². The van der Waals surface area contributed by atoms with E-state index in [2.05, 4.69) is 198 Å². The van der Waals surface area contributed by atoms with E-state index >= 15 is 0 Å². The molecule has 0 aliphatic heterocycles. The van der Waals surface area contributed by atoms with Gasteiger partial charge in [-0.05, 0) is 122 Å². The monoisotopic (exact) mass is 688 g/mol. The fraction of sp³-hybridized carbons (Fsp3) is 0.111. The molecule has 0 heterocycles. The van der Waals surface area contributed by atoms with E-state index in [0.717, 1.165) is 0 Å². The first-order valence-electron chi connectivity index (χ1n) is 19.3. The molecule has 256 valence electrons. The van der Waals surface area contributed by atoms with Crippen LogP contribution in [0, 0.1) is 0 Å². The standard InChI is InChI=1S/C54H40/c1-53(2)46-30-14-12-27-43(46)51-47(53)32-44-37-22-11-13-29-45(37)54(3,4)52(44)49(51)35-20-15-19-34(31-35)48-39-23-7-9-25-41(39)50(42-26-10-8-24-40(42)48)38-28-16-18-33-17-5-6-21-36(33)38/h5-32H,1-4H3. The molecule has 0 atom stereocenters. The van der Waals surface area contributed by atoms with Crippen LogP contribution in [0.25, 0.3) is 88.0 Å². The van der Waals surface area contributed by atoms with Gasteiger partial charge >= 0.3 is 0 Å². The molecule has 0 N–H and O–H groups in total. The third kappa shape index (κ3) is 4.14. The van der Waals surface area contributed by atoms with Gasteiger partial charge in [0.25, 0.3) is 0 Å². The zero-order chi connectivity index (χ0) is 36.3. The Hall–Kier alpha value is -6.24. The molecule has 0 saturated carbocycles. The van der Waals surface area contributed by atoms with Gasteiger partial charge in [0.2, 0.25) is 0 Å². The van der Waals surface area contributed by atoms with Crippen LogP contribution in [0.3, 0.4) is 0 Å². The first-order valence-corrected chi connectivity index (χ1v) is 19.3. The van der Waals surface area contributed by atoms with Gasteiger partial charge in [-0.15, -0.1) is 0 Å². The molecule has 0 unspecified atom stereocenters. The van der Waals surface area contributed by atoms with Crippen LogP contribution in [-0.2, 0) is 10.8 Å². The van der Waals surface area contributed by atoms with Gasteiger partial charge < -0.3 is 0 Å². The lowest BCUT2D eigenvalue weighted by molar-refractivity contribution is 0.653. The van der Waals surface area contributed by atoms with Crippen molar-refractivity contribution in [3.63, 3.8) is 0 Å². The lowest BCUT2D eigenvalue weighted by atomic mass is 9.74. The maximum atomic E-state index is 2.54. The Bertz CT molecular complexity index is 2980. The van der Waals surface area contributed by atoms with Gasteiger partial charge in [-0.1, -0.05) is 185 Å². The molecule has 9 aromatic carbocycles. The highest BCUT2D eigenvalue weighted by Gasteiger charge is 2.44. The van der Waals surface area contributed by atoms with Crippen LogP contribution in [-0.4, -0.2) is 0 Å². The first-order chi connectivity index (χ1) is 26.3. The summed E-state index contributed by atoms with van der Waals surface area (Å²) in [6, 6.07) is 63.8. The van der Waals surface area contributed by atoms with Crippen molar-refractivity contribution in [1.29, 1.82) is 0 Å². The number of hydrogen-bond donors (Lipinski definition) is 0. The maximum absolute atomic E-state index is 2.54. The van der Waals surface area contributed by atoms with E-state index in [4.69, 9.17) is 0 Å². The van der Waals surface area contributed by atoms with E-state index in [0.29, 0.717) is 0 Å². The predicted octanol–water partition coefficient (Wildman–Crippen LogP) is 14.8. The van der Waals surface area contributed by atoms with E-state index in [1.54, 1.807) is 0 Å². The molecule has 0 bridgehead atoms. The summed E-state index contributed by atoms with van der Waals surface area (Å²) in [6.45, 7) is 9.67. The normalized spacial score (nSPS) is 14.6. The number of fused-ring (bicyclic) bond motifs is 9. The van der Waals surface area contributed by atoms with Crippen molar-refractivity contribution in [2.75, 3.05) is 0 Å². The SMILES string of the molecule is CC1(C)c2ccccc2-c2c1cc1c(c2-c2cccc(-c3c4ccccc4c(-c4cccc5ccccc45)c4ccccc34)c2)C(C)(C)c2ccccc2-1. The van der Waals surface area contributed by atoms with Gasteiger partial charge in [-0.25, -0.2) is 0 Å². The predicted molar refractivity (Wildman–Crippen MR) is 230 cm³/mol. The van der Waals surface area contributed by atoms with Gasteiger partial charge in [-0.2, -0.15) is 0 Å². The van der Waals surface area contributed by atoms with E-state index in [9.17, 15) is 0 Å². The van der Waals surface area contributed by atoms with E-state index in [-0.39, 0.29) is 10.8 Å². The minimum atomic E-state index is -0.159. The van der Waals surface area contributed by atoms with E-state index in [1.807, 2.05) is 0 Å². The van der Waals surface area contributed by atoms with Crippen LogP contribution >= 0.6 is 0 Å². The molecule has 0 radical (unpaired) electrons. The molecule has 2 aliphatic carbocycles. The molecule has 9 aromatic rings. The minimum absolute atomic E-state index is 0.112. The Labute approximate surface area is 317 Å². The van der Waals surface area contributed by atoms with Crippen molar-refractivity contribution in [2.45, 2.75) is 38.5 Å². The molecule has 0 heteroatoms. The van der Waals surface area contributed by atoms with Gasteiger partial charge in [0.05, 0.1) is 0 Å². The summed E-state index contributed by atoms with van der Waals surface area (Å²) in [5, 5.41) is 7.66. The van der Waals surface area contributed by atoms with Crippen molar-refractivity contribution in [3.05, 3.63) is 192 Å². The molecule has 0 saturated heterocycles. The van der Waals surface area contributed by atoms with Crippen molar-refractivity contribution < 1.29 is 0 Å². The van der Waals surface area contributed by atoms with Crippen LogP contribution < -0.4 is 0 Å². The summed E-state index contributed by atoms with van der Waals surface area (Å²) < 4.78 is 0. The van der Waals surface area contributed by atoms with Crippen LogP contribution in [0.2, 0.25) is 0 Å². The summed E-state index contributed by atoms with van der Waals surface area (Å²) in [5.74, 6) is 0. The molecule has 0 nitrogen and oxygen atoms in total. The van der Waals surface area contributed by atoms with Gasteiger partial charge in [-0.3, -0.25) is 0 Å². The molecule has 11 rings (SSSR count).